The van der Waals surface area contributed by atoms with Crippen molar-refractivity contribution in [3.63, 3.8) is 0 Å². The molecule has 2 rings (SSSR count). The predicted molar refractivity (Wildman–Crippen MR) is 57.2 cm³/mol. The zero-order valence-corrected chi connectivity index (χ0v) is 9.29. The summed E-state index contributed by atoms with van der Waals surface area (Å²) in [6.45, 7) is 0. The lowest BCUT2D eigenvalue weighted by molar-refractivity contribution is 0.567. The van der Waals surface area contributed by atoms with Gasteiger partial charge in [0.05, 0.1) is 16.7 Å². The summed E-state index contributed by atoms with van der Waals surface area (Å²) in [5.41, 5.74) is 0.248. The van der Waals surface area contributed by atoms with E-state index in [-0.39, 0.29) is 10.5 Å². The fourth-order valence-corrected chi connectivity index (χ4v) is 1.99. The molecular weight excluding hydrogens is 231 g/mol. The molecule has 0 aliphatic heterocycles. The molecule has 1 aromatic carbocycles. The lowest BCUT2D eigenvalue weighted by atomic mass is 10.1. The molecule has 0 spiro atoms. The second-order valence-electron chi connectivity index (χ2n) is 3.39. The van der Waals surface area contributed by atoms with E-state index in [2.05, 4.69) is 0 Å². The van der Waals surface area contributed by atoms with E-state index in [9.17, 15) is 12.8 Å². The molecule has 3 nitrogen and oxygen atoms in total. The minimum Gasteiger partial charge on any atom is -0.464 e. The summed E-state index contributed by atoms with van der Waals surface area (Å²) in [6.07, 6.45) is 2.47. The van der Waals surface area contributed by atoms with E-state index in [4.69, 9.17) is 4.42 Å². The molecule has 0 amide bonds. The monoisotopic (exact) mass is 240 g/mol. The van der Waals surface area contributed by atoms with E-state index >= 15 is 0 Å². The molecule has 16 heavy (non-hydrogen) atoms. The van der Waals surface area contributed by atoms with Crippen LogP contribution in [0, 0.1) is 5.82 Å². The van der Waals surface area contributed by atoms with Crippen LogP contribution in [0.5, 0.6) is 0 Å². The van der Waals surface area contributed by atoms with Crippen molar-refractivity contribution in [2.24, 2.45) is 0 Å². The van der Waals surface area contributed by atoms with Crippen LogP contribution in [-0.2, 0) is 9.84 Å². The zero-order chi connectivity index (χ0) is 11.8. The van der Waals surface area contributed by atoms with E-state index in [1.54, 1.807) is 12.1 Å². The molecule has 2 aromatic rings. The topological polar surface area (TPSA) is 47.3 Å². The third-order valence-electron chi connectivity index (χ3n) is 2.16. The van der Waals surface area contributed by atoms with Gasteiger partial charge in [-0.25, -0.2) is 12.8 Å². The van der Waals surface area contributed by atoms with Crippen molar-refractivity contribution < 1.29 is 17.2 Å². The minimum absolute atomic E-state index is 0.0414. The van der Waals surface area contributed by atoms with Crippen molar-refractivity contribution in [3.05, 3.63) is 42.4 Å². The Morgan fingerprint density at radius 1 is 1.25 bits per heavy atom. The Kier molecular flexibility index (Phi) is 2.55. The lowest BCUT2D eigenvalue weighted by Gasteiger charge is -2.02. The molecule has 0 fully saturated rings. The molecule has 1 heterocycles. The molecule has 0 unspecified atom stereocenters. The van der Waals surface area contributed by atoms with Gasteiger partial charge in [0.1, 0.15) is 11.6 Å². The van der Waals surface area contributed by atoms with Crippen LogP contribution in [0.1, 0.15) is 0 Å². The lowest BCUT2D eigenvalue weighted by Crippen LogP contribution is -1.98. The Hall–Kier alpha value is -1.62. The Balaban J connectivity index is 2.54. The average Bonchev–Trinajstić information content (AvgIpc) is 2.69. The maximum Gasteiger partial charge on any atom is 0.175 e. The van der Waals surface area contributed by atoms with Crippen LogP contribution in [0.15, 0.2) is 45.9 Å². The highest BCUT2D eigenvalue weighted by molar-refractivity contribution is 7.90. The Morgan fingerprint density at radius 3 is 2.50 bits per heavy atom. The van der Waals surface area contributed by atoms with Crippen molar-refractivity contribution >= 4 is 9.84 Å². The highest BCUT2D eigenvalue weighted by atomic mass is 32.2. The van der Waals surface area contributed by atoms with Crippen LogP contribution in [0.3, 0.4) is 0 Å². The van der Waals surface area contributed by atoms with Gasteiger partial charge in [0.15, 0.2) is 9.84 Å². The largest absolute Gasteiger partial charge is 0.464 e. The van der Waals surface area contributed by atoms with Gasteiger partial charge >= 0.3 is 0 Å². The summed E-state index contributed by atoms with van der Waals surface area (Å²) in [5.74, 6) is -0.240. The number of furan rings is 1. The molecule has 0 bridgehead atoms. The summed E-state index contributed by atoms with van der Waals surface area (Å²) >= 11 is 0. The predicted octanol–water partition coefficient (Wildman–Crippen LogP) is 2.49. The molecule has 0 atom stereocenters. The number of hydrogen-bond donors (Lipinski definition) is 0. The second-order valence-corrected chi connectivity index (χ2v) is 5.41. The minimum atomic E-state index is -3.38. The van der Waals surface area contributed by atoms with Gasteiger partial charge in [-0.2, -0.15) is 0 Å². The molecule has 84 valence electrons. The van der Waals surface area contributed by atoms with Gasteiger partial charge in [0, 0.05) is 6.26 Å². The van der Waals surface area contributed by atoms with E-state index in [1.165, 1.54) is 18.4 Å². The maximum atomic E-state index is 13.6. The van der Waals surface area contributed by atoms with Crippen molar-refractivity contribution in [3.8, 4) is 11.3 Å². The summed E-state index contributed by atoms with van der Waals surface area (Å²) in [4.78, 5) is -0.0414. The fourth-order valence-electron chi connectivity index (χ4n) is 1.36. The van der Waals surface area contributed by atoms with Crippen molar-refractivity contribution in [1.82, 2.24) is 0 Å². The summed E-state index contributed by atoms with van der Waals surface area (Å²) in [5, 5.41) is 0. The van der Waals surface area contributed by atoms with Crippen LogP contribution in [0.2, 0.25) is 0 Å². The molecule has 0 saturated carbocycles. The summed E-state index contributed by atoms with van der Waals surface area (Å²) in [6, 6.07) is 6.99. The molecule has 0 radical (unpaired) electrons. The molecule has 0 aliphatic carbocycles. The van der Waals surface area contributed by atoms with E-state index in [1.807, 2.05) is 0 Å². The molecule has 0 N–H and O–H groups in total. The van der Waals surface area contributed by atoms with E-state index < -0.39 is 15.7 Å². The second kappa shape index (κ2) is 3.75. The summed E-state index contributed by atoms with van der Waals surface area (Å²) in [7, 11) is -3.38. The zero-order valence-electron chi connectivity index (χ0n) is 8.48. The van der Waals surface area contributed by atoms with Crippen LogP contribution in [-0.4, -0.2) is 14.7 Å². The Labute approximate surface area is 92.4 Å². The quantitative estimate of drug-likeness (QED) is 0.810. The van der Waals surface area contributed by atoms with Gasteiger partial charge in [-0.05, 0) is 30.3 Å². The molecule has 1 aromatic heterocycles. The smallest absolute Gasteiger partial charge is 0.175 e. The van der Waals surface area contributed by atoms with Crippen molar-refractivity contribution in [2.75, 3.05) is 6.26 Å². The third-order valence-corrected chi connectivity index (χ3v) is 3.27. The molecule has 5 heteroatoms. The molecular formula is C11H9FO3S. The van der Waals surface area contributed by atoms with Gasteiger partial charge in [-0.3, -0.25) is 0 Å². The van der Waals surface area contributed by atoms with Crippen LogP contribution >= 0.6 is 0 Å². The van der Waals surface area contributed by atoms with Crippen LogP contribution in [0.4, 0.5) is 4.39 Å². The fraction of sp³-hybridized carbons (Fsp3) is 0.0909. The normalized spacial score (nSPS) is 11.6. The SMILES string of the molecule is CS(=O)(=O)c1ccc(-c2ccco2)c(F)c1. The summed E-state index contributed by atoms with van der Waals surface area (Å²) < 4.78 is 41.0. The first-order valence-corrected chi connectivity index (χ1v) is 6.41. The van der Waals surface area contributed by atoms with Gasteiger partial charge in [0.25, 0.3) is 0 Å². The van der Waals surface area contributed by atoms with E-state index in [0.29, 0.717) is 5.76 Å². The van der Waals surface area contributed by atoms with Crippen molar-refractivity contribution in [1.29, 1.82) is 0 Å². The number of sulfone groups is 1. The Morgan fingerprint density at radius 2 is 2.00 bits per heavy atom. The van der Waals surface area contributed by atoms with Gasteiger partial charge in [-0.15, -0.1) is 0 Å². The van der Waals surface area contributed by atoms with E-state index in [0.717, 1.165) is 12.3 Å². The van der Waals surface area contributed by atoms with Gasteiger partial charge < -0.3 is 4.42 Å². The number of rotatable bonds is 2. The first-order valence-electron chi connectivity index (χ1n) is 4.52. The van der Waals surface area contributed by atoms with Crippen LogP contribution in [0.25, 0.3) is 11.3 Å². The maximum absolute atomic E-state index is 13.6. The molecule has 0 aliphatic rings. The third kappa shape index (κ3) is 1.99. The van der Waals surface area contributed by atoms with Gasteiger partial charge in [-0.1, -0.05) is 0 Å². The number of halogens is 1. The van der Waals surface area contributed by atoms with Gasteiger partial charge in [0.2, 0.25) is 0 Å². The molecule has 0 saturated heterocycles. The number of hydrogen-bond acceptors (Lipinski definition) is 3. The number of benzene rings is 1. The Bertz CT molecular complexity index is 600. The highest BCUT2D eigenvalue weighted by Gasteiger charge is 2.13. The highest BCUT2D eigenvalue weighted by Crippen LogP contribution is 2.25. The van der Waals surface area contributed by atoms with Crippen LogP contribution < -0.4 is 0 Å². The first kappa shape index (κ1) is 10.9. The standard InChI is InChI=1S/C11H9FO3S/c1-16(13,14)8-4-5-9(10(12)7-8)11-3-2-6-15-11/h2-7H,1H3. The van der Waals surface area contributed by atoms with Crippen molar-refractivity contribution in [2.45, 2.75) is 4.90 Å². The first-order chi connectivity index (χ1) is 7.48. The average molecular weight is 240 g/mol.